The van der Waals surface area contributed by atoms with E-state index in [1.165, 1.54) is 0 Å². The van der Waals surface area contributed by atoms with E-state index in [9.17, 15) is 0 Å². The van der Waals surface area contributed by atoms with Crippen LogP contribution in [0.2, 0.25) is 0 Å². The van der Waals surface area contributed by atoms with Crippen LogP contribution in [0.15, 0.2) is 194 Å². The third-order valence-electron chi connectivity index (χ3n) is 8.96. The van der Waals surface area contributed by atoms with Gasteiger partial charge in [0.1, 0.15) is 0 Å². The summed E-state index contributed by atoms with van der Waals surface area (Å²) in [4.78, 5) is 0. The fourth-order valence-electron chi connectivity index (χ4n) is 6.75. The Hall–Kier alpha value is -6.64. The van der Waals surface area contributed by atoms with E-state index in [2.05, 4.69) is 0 Å². The highest BCUT2D eigenvalue weighted by Gasteiger charge is 2.17. The van der Waals surface area contributed by atoms with Crippen molar-refractivity contribution in [2.45, 2.75) is 0 Å². The van der Waals surface area contributed by atoms with Gasteiger partial charge in [-0.15, -0.1) is 0 Å². The number of hydrogen-bond donors (Lipinski definition) is 0. The Bertz CT molecular complexity index is 3830. The first-order chi connectivity index (χ1) is 32.3. The molecule has 0 fully saturated rings. The molecular weight excluding hydrogens is 605 g/mol. The van der Waals surface area contributed by atoms with Crippen LogP contribution in [0.3, 0.4) is 0 Å². The summed E-state index contributed by atoms with van der Waals surface area (Å²) < 4.78 is 158. The molecule has 0 N–H and O–H groups in total. The molecule has 0 aliphatic heterocycles. The molecule has 10 rings (SSSR count). The Morgan fingerprint density at radius 1 is 0.340 bits per heavy atom. The van der Waals surface area contributed by atoms with E-state index in [1.807, 2.05) is 0 Å². The Balaban J connectivity index is 1.21. The molecular formula is C48H32N2. The second-order valence-corrected chi connectivity index (χ2v) is 11.6. The molecule has 2 heterocycles. The summed E-state index contributed by atoms with van der Waals surface area (Å²) >= 11 is 0. The second-order valence-electron chi connectivity index (χ2n) is 11.6. The third kappa shape index (κ3) is 4.50. The first-order valence-electron chi connectivity index (χ1n) is 24.7. The molecule has 2 heteroatoms. The Morgan fingerprint density at radius 3 is 1.48 bits per heavy atom. The molecule has 0 atom stereocenters. The summed E-state index contributed by atoms with van der Waals surface area (Å²) in [5.74, 6) is 0. The highest BCUT2D eigenvalue weighted by Crippen LogP contribution is 2.40. The monoisotopic (exact) mass is 654 g/mol. The molecule has 0 bridgehead atoms. The molecule has 0 unspecified atom stereocenters. The Kier molecular flexibility index (Phi) is 3.62. The van der Waals surface area contributed by atoms with Crippen LogP contribution in [0.5, 0.6) is 0 Å². The van der Waals surface area contributed by atoms with Crippen LogP contribution in [-0.2, 0) is 0 Å². The zero-order valence-electron chi connectivity index (χ0n) is 44.0. The average Bonchev–Trinajstić information content (AvgIpc) is 3.87. The van der Waals surface area contributed by atoms with Gasteiger partial charge in [-0.2, -0.15) is 0 Å². The maximum absolute atomic E-state index is 9.16. The molecule has 0 radical (unpaired) electrons. The number of nitrogens with zero attached hydrogens (tertiary/aromatic N) is 2. The second kappa shape index (κ2) is 11.5. The van der Waals surface area contributed by atoms with Gasteiger partial charge in [0.2, 0.25) is 0 Å². The van der Waals surface area contributed by atoms with Crippen LogP contribution < -0.4 is 0 Å². The number of rotatable bonds is 5. The molecule has 0 aliphatic rings. The summed E-state index contributed by atoms with van der Waals surface area (Å²) in [6.07, 6.45) is 0. The minimum atomic E-state index is -0.563. The predicted molar refractivity (Wildman–Crippen MR) is 211 cm³/mol. The summed E-state index contributed by atoms with van der Waals surface area (Å²) in [5.41, 5.74) is 3.61. The van der Waals surface area contributed by atoms with Crippen LogP contribution in [0.25, 0.3) is 88.4 Å². The molecule has 234 valence electrons. The number of aromatic nitrogens is 2. The van der Waals surface area contributed by atoms with E-state index < -0.39 is 72.5 Å². The van der Waals surface area contributed by atoms with Crippen molar-refractivity contribution in [2.24, 2.45) is 0 Å². The van der Waals surface area contributed by atoms with E-state index >= 15 is 0 Å². The number of fused-ring (bicyclic) bond motifs is 6. The van der Waals surface area contributed by atoms with E-state index in [4.69, 9.17) is 24.7 Å². The quantitative estimate of drug-likeness (QED) is 0.175. The molecule has 8 aromatic carbocycles. The van der Waals surface area contributed by atoms with Gasteiger partial charge in [-0.25, -0.2) is 0 Å². The van der Waals surface area contributed by atoms with Crippen molar-refractivity contribution in [3.8, 4) is 44.8 Å². The minimum absolute atomic E-state index is 0.00485. The summed E-state index contributed by atoms with van der Waals surface area (Å²) in [5, 5.41) is 1.25. The van der Waals surface area contributed by atoms with Crippen LogP contribution in [0.4, 0.5) is 0 Å². The van der Waals surface area contributed by atoms with Crippen molar-refractivity contribution in [1.29, 1.82) is 0 Å². The summed E-state index contributed by atoms with van der Waals surface area (Å²) in [6, 6.07) is 15.7. The summed E-state index contributed by atoms with van der Waals surface area (Å²) in [7, 11) is 0. The predicted octanol–water partition coefficient (Wildman–Crippen LogP) is 12.9. The van der Waals surface area contributed by atoms with Crippen LogP contribution in [0, 0.1) is 0 Å². The zero-order valence-corrected chi connectivity index (χ0v) is 26.0. The van der Waals surface area contributed by atoms with Crippen molar-refractivity contribution in [2.75, 3.05) is 0 Å². The lowest BCUT2D eigenvalue weighted by atomic mass is 10.0. The largest absolute Gasteiger partial charge is 0.309 e. The SMILES string of the molecule is [2H]c1c([2H])c([2H])c(-c2ccc(-n3c4ccc(-c5ccc6c(c5)c5c([2H])c([2H])c([2H])c([2H])c5n6-c5ccccc5-c5c([2H])c([2H])c([2H])c([2H])c5[2H])cc4c4c([2H])c([2H])c([2H])c([2H])c43)cc2)c([2H])c1[2H]. The van der Waals surface area contributed by atoms with Crippen molar-refractivity contribution in [3.05, 3.63) is 194 Å². The van der Waals surface area contributed by atoms with Crippen molar-refractivity contribution >= 4 is 43.6 Å². The van der Waals surface area contributed by atoms with Crippen LogP contribution >= 0.6 is 0 Å². The van der Waals surface area contributed by atoms with Gasteiger partial charge in [0.25, 0.3) is 0 Å². The maximum atomic E-state index is 9.16. The molecule has 0 aliphatic carbocycles. The number of benzene rings is 8. The molecule has 2 aromatic heterocycles. The minimum Gasteiger partial charge on any atom is -0.309 e. The van der Waals surface area contributed by atoms with E-state index in [0.717, 1.165) is 0 Å². The van der Waals surface area contributed by atoms with Gasteiger partial charge >= 0.3 is 0 Å². The molecule has 0 spiro atoms. The van der Waals surface area contributed by atoms with E-state index in [1.54, 1.807) is 94.1 Å². The first kappa shape index (κ1) is 15.7. The van der Waals surface area contributed by atoms with Crippen molar-refractivity contribution in [1.82, 2.24) is 9.13 Å². The molecule has 10 aromatic rings. The van der Waals surface area contributed by atoms with E-state index in [-0.39, 0.29) is 74.8 Å². The lowest BCUT2D eigenvalue weighted by molar-refractivity contribution is 1.18. The highest BCUT2D eigenvalue weighted by molar-refractivity contribution is 6.13. The molecule has 50 heavy (non-hydrogen) atoms. The van der Waals surface area contributed by atoms with Gasteiger partial charge in [0, 0.05) is 32.8 Å². The van der Waals surface area contributed by atoms with Crippen LogP contribution in [0.1, 0.15) is 24.7 Å². The maximum Gasteiger partial charge on any atom is 0.0645 e. The fourth-order valence-corrected chi connectivity index (χ4v) is 6.75. The number of hydrogen-bond acceptors (Lipinski definition) is 0. The zero-order chi connectivity index (χ0) is 48.7. The van der Waals surface area contributed by atoms with Gasteiger partial charge in [0.05, 0.1) is 52.4 Å². The van der Waals surface area contributed by atoms with Gasteiger partial charge in [-0.05, 0) is 82.4 Å². The molecule has 2 nitrogen and oxygen atoms in total. The topological polar surface area (TPSA) is 9.86 Å². The standard InChI is InChI=1S/C48H32N2/c1-3-13-33(14-4-1)34-23-27-38(28-24-34)49-45-21-11-8-18-40(45)42-31-36(25-29-47(42)49)37-26-30-48-43(32-37)41-19-9-12-22-46(41)50(48)44-20-10-7-17-39(44)35-15-5-2-6-16-35/h1-32H/i1D,2D,3D,4D,5D,6D,8D,9D,11D,12D,13D,14D,15D,16D,18D,19D,21D,22D. The average molecular weight is 655 g/mol. The Morgan fingerprint density at radius 2 is 0.840 bits per heavy atom. The third-order valence-corrected chi connectivity index (χ3v) is 8.96. The van der Waals surface area contributed by atoms with Gasteiger partial charge in [-0.3, -0.25) is 0 Å². The normalized spacial score (nSPS) is 16.6. The van der Waals surface area contributed by atoms with Gasteiger partial charge < -0.3 is 9.13 Å². The highest BCUT2D eigenvalue weighted by atomic mass is 15.0. The summed E-state index contributed by atoms with van der Waals surface area (Å²) in [6.45, 7) is 0. The number of para-hydroxylation sites is 3. The first-order valence-corrected chi connectivity index (χ1v) is 15.7. The van der Waals surface area contributed by atoms with Crippen molar-refractivity contribution < 1.29 is 24.7 Å². The molecule has 0 amide bonds. The van der Waals surface area contributed by atoms with Crippen LogP contribution in [-0.4, -0.2) is 9.13 Å². The van der Waals surface area contributed by atoms with E-state index in [0.29, 0.717) is 49.9 Å². The molecule has 0 saturated carbocycles. The van der Waals surface area contributed by atoms with Gasteiger partial charge in [0.15, 0.2) is 0 Å². The lowest BCUT2D eigenvalue weighted by Gasteiger charge is -2.14. The fraction of sp³-hybridized carbons (Fsp3) is 0. The smallest absolute Gasteiger partial charge is 0.0645 e. The van der Waals surface area contributed by atoms with Gasteiger partial charge in [-0.1, -0.05) is 139 Å². The lowest BCUT2D eigenvalue weighted by Crippen LogP contribution is -1.97. The molecule has 0 saturated heterocycles. The Labute approximate surface area is 316 Å². The van der Waals surface area contributed by atoms with Crippen molar-refractivity contribution in [3.63, 3.8) is 0 Å².